The van der Waals surface area contributed by atoms with Crippen LogP contribution in [-0.2, 0) is 9.53 Å². The molecule has 1 unspecified atom stereocenters. The molecule has 0 radical (unpaired) electrons. The standard InChI is InChI=1S/C19H37NO4/c1-3-5-7-8-9-10-11-12-13-14-16-24-18(21)17(15-6-4-2)20-19(22)23/h17,20H,3-16H2,1-2H3,(H,22,23). The van der Waals surface area contributed by atoms with Gasteiger partial charge in [0.2, 0.25) is 0 Å². The van der Waals surface area contributed by atoms with Crippen LogP contribution >= 0.6 is 0 Å². The van der Waals surface area contributed by atoms with E-state index in [0.29, 0.717) is 13.0 Å². The first-order valence-corrected chi connectivity index (χ1v) is 9.77. The number of unbranched alkanes of at least 4 members (excludes halogenated alkanes) is 10. The summed E-state index contributed by atoms with van der Waals surface area (Å²) < 4.78 is 5.21. The lowest BCUT2D eigenvalue weighted by Gasteiger charge is -2.15. The van der Waals surface area contributed by atoms with Crippen LogP contribution in [0.5, 0.6) is 0 Å². The molecule has 0 saturated heterocycles. The zero-order chi connectivity index (χ0) is 18.0. The van der Waals surface area contributed by atoms with Crippen molar-refractivity contribution in [1.82, 2.24) is 5.32 Å². The number of ether oxygens (including phenoxy) is 1. The van der Waals surface area contributed by atoms with Crippen molar-refractivity contribution < 1.29 is 19.4 Å². The second-order valence-electron chi connectivity index (χ2n) is 6.49. The van der Waals surface area contributed by atoms with Crippen molar-refractivity contribution in [3.63, 3.8) is 0 Å². The second-order valence-corrected chi connectivity index (χ2v) is 6.49. The average molecular weight is 344 g/mol. The van der Waals surface area contributed by atoms with Gasteiger partial charge in [-0.05, 0) is 12.8 Å². The highest BCUT2D eigenvalue weighted by Gasteiger charge is 2.21. The molecule has 0 heterocycles. The Balaban J connectivity index is 3.59. The van der Waals surface area contributed by atoms with Crippen LogP contribution in [0.1, 0.15) is 97.3 Å². The molecule has 0 bridgehead atoms. The van der Waals surface area contributed by atoms with Crippen molar-refractivity contribution >= 4 is 12.1 Å². The van der Waals surface area contributed by atoms with Gasteiger partial charge in [0.05, 0.1) is 6.61 Å². The number of nitrogens with one attached hydrogen (secondary N) is 1. The van der Waals surface area contributed by atoms with E-state index >= 15 is 0 Å². The van der Waals surface area contributed by atoms with E-state index in [1.807, 2.05) is 6.92 Å². The van der Waals surface area contributed by atoms with Gasteiger partial charge in [0.15, 0.2) is 0 Å². The van der Waals surface area contributed by atoms with Gasteiger partial charge in [-0.3, -0.25) is 0 Å². The van der Waals surface area contributed by atoms with Crippen molar-refractivity contribution in [2.75, 3.05) is 6.61 Å². The summed E-state index contributed by atoms with van der Waals surface area (Å²) in [5, 5.41) is 11.0. The zero-order valence-corrected chi connectivity index (χ0v) is 15.6. The SMILES string of the molecule is CCCCCCCCCCCCOC(=O)C(CCCC)NC(=O)O. The quantitative estimate of drug-likeness (QED) is 0.295. The molecule has 0 aromatic heterocycles. The predicted octanol–water partition coefficient (Wildman–Crippen LogP) is 5.28. The highest BCUT2D eigenvalue weighted by atomic mass is 16.5. The zero-order valence-electron chi connectivity index (χ0n) is 15.6. The molecule has 0 fully saturated rings. The van der Waals surface area contributed by atoms with Crippen LogP contribution in [0.3, 0.4) is 0 Å². The summed E-state index contributed by atoms with van der Waals surface area (Å²) in [5.41, 5.74) is 0. The van der Waals surface area contributed by atoms with Crippen molar-refractivity contribution in [3.05, 3.63) is 0 Å². The van der Waals surface area contributed by atoms with E-state index in [0.717, 1.165) is 25.7 Å². The Hall–Kier alpha value is -1.26. The Morgan fingerprint density at radius 3 is 1.83 bits per heavy atom. The minimum Gasteiger partial charge on any atom is -0.465 e. The third-order valence-corrected chi connectivity index (χ3v) is 4.17. The molecular formula is C19H37NO4. The molecular weight excluding hydrogens is 306 g/mol. The summed E-state index contributed by atoms with van der Waals surface area (Å²) in [4.78, 5) is 22.6. The lowest BCUT2D eigenvalue weighted by Crippen LogP contribution is -2.41. The number of rotatable bonds is 16. The highest BCUT2D eigenvalue weighted by molar-refractivity contribution is 5.80. The van der Waals surface area contributed by atoms with E-state index in [1.54, 1.807) is 0 Å². The van der Waals surface area contributed by atoms with Crippen LogP contribution in [-0.4, -0.2) is 29.8 Å². The van der Waals surface area contributed by atoms with Crippen molar-refractivity contribution in [1.29, 1.82) is 0 Å². The third kappa shape index (κ3) is 14.3. The number of esters is 1. The lowest BCUT2D eigenvalue weighted by molar-refractivity contribution is -0.146. The highest BCUT2D eigenvalue weighted by Crippen LogP contribution is 2.11. The van der Waals surface area contributed by atoms with E-state index in [4.69, 9.17) is 9.84 Å². The molecule has 5 nitrogen and oxygen atoms in total. The van der Waals surface area contributed by atoms with E-state index < -0.39 is 18.1 Å². The van der Waals surface area contributed by atoms with Gasteiger partial charge >= 0.3 is 12.1 Å². The van der Waals surface area contributed by atoms with Gasteiger partial charge in [0.25, 0.3) is 0 Å². The fourth-order valence-corrected chi connectivity index (χ4v) is 2.67. The van der Waals surface area contributed by atoms with Crippen LogP contribution in [0.4, 0.5) is 4.79 Å². The molecule has 0 spiro atoms. The minimum absolute atomic E-state index is 0.388. The van der Waals surface area contributed by atoms with Crippen molar-refractivity contribution in [2.24, 2.45) is 0 Å². The second kappa shape index (κ2) is 16.6. The molecule has 0 aliphatic carbocycles. The lowest BCUT2D eigenvalue weighted by atomic mass is 10.1. The Bertz CT molecular complexity index is 320. The molecule has 1 atom stereocenters. The Morgan fingerprint density at radius 1 is 0.833 bits per heavy atom. The van der Waals surface area contributed by atoms with Crippen molar-refractivity contribution in [3.8, 4) is 0 Å². The van der Waals surface area contributed by atoms with Crippen LogP contribution in [0, 0.1) is 0 Å². The summed E-state index contributed by atoms with van der Waals surface area (Å²) in [6, 6.07) is -0.731. The molecule has 1 amide bonds. The fraction of sp³-hybridized carbons (Fsp3) is 0.895. The van der Waals surface area contributed by atoms with Crippen LogP contribution < -0.4 is 5.32 Å². The maximum Gasteiger partial charge on any atom is 0.405 e. The average Bonchev–Trinajstić information content (AvgIpc) is 2.55. The molecule has 0 aromatic carbocycles. The van der Waals surface area contributed by atoms with Gasteiger partial charge in [-0.15, -0.1) is 0 Å². The minimum atomic E-state index is -1.17. The van der Waals surface area contributed by atoms with Gasteiger partial charge in [-0.25, -0.2) is 9.59 Å². The number of amides is 1. The third-order valence-electron chi connectivity index (χ3n) is 4.17. The van der Waals surface area contributed by atoms with Crippen LogP contribution in [0.15, 0.2) is 0 Å². The number of hydrogen-bond acceptors (Lipinski definition) is 3. The number of carbonyl (C=O) groups is 2. The van der Waals surface area contributed by atoms with Crippen molar-refractivity contribution in [2.45, 2.75) is 103 Å². The first-order valence-electron chi connectivity index (χ1n) is 9.77. The predicted molar refractivity (Wildman–Crippen MR) is 97.3 cm³/mol. The topological polar surface area (TPSA) is 75.6 Å². The normalized spacial score (nSPS) is 11.9. The largest absolute Gasteiger partial charge is 0.465 e. The van der Waals surface area contributed by atoms with E-state index in [2.05, 4.69) is 12.2 Å². The Kier molecular flexibility index (Phi) is 15.7. The molecule has 24 heavy (non-hydrogen) atoms. The van der Waals surface area contributed by atoms with E-state index in [1.165, 1.54) is 51.4 Å². The summed E-state index contributed by atoms with van der Waals surface area (Å²) in [6.45, 7) is 4.63. The van der Waals surface area contributed by atoms with Gasteiger partial charge in [-0.1, -0.05) is 84.5 Å². The van der Waals surface area contributed by atoms with Gasteiger partial charge in [0.1, 0.15) is 6.04 Å². The molecule has 142 valence electrons. The Morgan fingerprint density at radius 2 is 1.33 bits per heavy atom. The maximum absolute atomic E-state index is 11.9. The van der Waals surface area contributed by atoms with Gasteiger partial charge in [-0.2, -0.15) is 0 Å². The molecule has 0 aliphatic rings. The van der Waals surface area contributed by atoms with E-state index in [9.17, 15) is 9.59 Å². The smallest absolute Gasteiger partial charge is 0.405 e. The fourth-order valence-electron chi connectivity index (χ4n) is 2.67. The number of carbonyl (C=O) groups excluding carboxylic acids is 1. The molecule has 0 rings (SSSR count). The van der Waals surface area contributed by atoms with Crippen LogP contribution in [0.25, 0.3) is 0 Å². The maximum atomic E-state index is 11.9. The van der Waals surface area contributed by atoms with Crippen LogP contribution in [0.2, 0.25) is 0 Å². The first kappa shape index (κ1) is 22.7. The first-order chi connectivity index (χ1) is 11.6. The summed E-state index contributed by atoms with van der Waals surface area (Å²) in [6.07, 6.45) is 13.4. The Labute approximate surface area is 147 Å². The number of carboxylic acid groups (broad SMARTS) is 1. The summed E-state index contributed by atoms with van der Waals surface area (Å²) in [7, 11) is 0. The number of hydrogen-bond donors (Lipinski definition) is 2. The summed E-state index contributed by atoms with van der Waals surface area (Å²) in [5.74, 6) is -0.443. The monoisotopic (exact) mass is 343 g/mol. The van der Waals surface area contributed by atoms with E-state index in [-0.39, 0.29) is 0 Å². The van der Waals surface area contributed by atoms with Gasteiger partial charge < -0.3 is 15.2 Å². The van der Waals surface area contributed by atoms with Gasteiger partial charge in [0, 0.05) is 0 Å². The summed E-state index contributed by atoms with van der Waals surface area (Å²) >= 11 is 0. The molecule has 2 N–H and O–H groups in total. The molecule has 0 aliphatic heterocycles. The molecule has 0 aromatic rings. The molecule has 5 heteroatoms. The molecule has 0 saturated carbocycles.